The Balaban J connectivity index is 0.00000144. The highest BCUT2D eigenvalue weighted by Crippen LogP contribution is 2.29. The van der Waals surface area contributed by atoms with E-state index in [1.807, 2.05) is 24.0 Å². The second kappa shape index (κ2) is 9.42. The minimum atomic E-state index is 0. The van der Waals surface area contributed by atoms with Gasteiger partial charge in [0.1, 0.15) is 5.69 Å². The highest BCUT2D eigenvalue weighted by molar-refractivity contribution is 7.15. The molecule has 0 saturated carbocycles. The van der Waals surface area contributed by atoms with Crippen LogP contribution in [0.25, 0.3) is 10.8 Å². The SMILES string of the molecule is CCCN(C(=O)c1nc(-c2ccco2)sc1C)C1CCNC1.Cl.Cl. The number of rotatable bonds is 5. The number of aryl methyl sites for hydroxylation is 1. The van der Waals surface area contributed by atoms with Gasteiger partial charge in [-0.2, -0.15) is 0 Å². The van der Waals surface area contributed by atoms with Crippen molar-refractivity contribution in [1.29, 1.82) is 0 Å². The predicted octanol–water partition coefficient (Wildman–Crippen LogP) is 3.77. The lowest BCUT2D eigenvalue weighted by Crippen LogP contribution is -2.42. The van der Waals surface area contributed by atoms with Crippen LogP contribution in [0.1, 0.15) is 35.1 Å². The Labute approximate surface area is 158 Å². The summed E-state index contributed by atoms with van der Waals surface area (Å²) in [5.74, 6) is 0.763. The molecule has 24 heavy (non-hydrogen) atoms. The van der Waals surface area contributed by atoms with Crippen LogP contribution in [0.3, 0.4) is 0 Å². The van der Waals surface area contributed by atoms with Crippen molar-refractivity contribution in [3.63, 3.8) is 0 Å². The van der Waals surface area contributed by atoms with Gasteiger partial charge in [0.15, 0.2) is 10.8 Å². The van der Waals surface area contributed by atoms with Crippen LogP contribution in [-0.2, 0) is 0 Å². The molecule has 1 N–H and O–H groups in total. The molecular formula is C16H23Cl2N3O2S. The van der Waals surface area contributed by atoms with E-state index in [0.717, 1.165) is 48.1 Å². The molecule has 0 bridgehead atoms. The predicted molar refractivity (Wildman–Crippen MR) is 102 cm³/mol. The van der Waals surface area contributed by atoms with Crippen molar-refractivity contribution in [3.8, 4) is 10.8 Å². The number of furan rings is 1. The summed E-state index contributed by atoms with van der Waals surface area (Å²) in [6, 6.07) is 3.99. The Morgan fingerprint density at radius 1 is 1.50 bits per heavy atom. The van der Waals surface area contributed by atoms with Crippen LogP contribution in [0.5, 0.6) is 0 Å². The van der Waals surface area contributed by atoms with Crippen LogP contribution in [0, 0.1) is 6.92 Å². The van der Waals surface area contributed by atoms with Gasteiger partial charge < -0.3 is 14.6 Å². The van der Waals surface area contributed by atoms with Gasteiger partial charge in [-0.05, 0) is 38.4 Å². The van der Waals surface area contributed by atoms with Crippen LogP contribution in [-0.4, -0.2) is 41.5 Å². The van der Waals surface area contributed by atoms with Crippen molar-refractivity contribution in [2.45, 2.75) is 32.7 Å². The normalized spacial score (nSPS) is 16.3. The lowest BCUT2D eigenvalue weighted by Gasteiger charge is -2.27. The fraction of sp³-hybridized carbons (Fsp3) is 0.500. The number of amides is 1. The fourth-order valence-electron chi connectivity index (χ4n) is 2.83. The molecule has 1 atom stereocenters. The maximum atomic E-state index is 12.9. The lowest BCUT2D eigenvalue weighted by molar-refractivity contribution is 0.0686. The summed E-state index contributed by atoms with van der Waals surface area (Å²) in [5, 5.41) is 4.10. The number of halogens is 2. The number of hydrogen-bond donors (Lipinski definition) is 1. The van der Waals surface area contributed by atoms with Gasteiger partial charge in [-0.15, -0.1) is 36.2 Å². The molecule has 1 fully saturated rings. The van der Waals surface area contributed by atoms with Gasteiger partial charge >= 0.3 is 0 Å². The Morgan fingerprint density at radius 3 is 2.88 bits per heavy atom. The second-order valence-corrected chi connectivity index (χ2v) is 6.75. The van der Waals surface area contributed by atoms with E-state index in [0.29, 0.717) is 5.69 Å². The third-order valence-electron chi connectivity index (χ3n) is 3.93. The monoisotopic (exact) mass is 391 g/mol. The average Bonchev–Trinajstić information content (AvgIpc) is 3.24. The molecule has 1 aliphatic rings. The third-order valence-corrected chi connectivity index (χ3v) is 4.92. The van der Waals surface area contributed by atoms with Crippen LogP contribution in [0.4, 0.5) is 0 Å². The summed E-state index contributed by atoms with van der Waals surface area (Å²) in [5.41, 5.74) is 0.566. The Hall–Kier alpha value is -1.08. The topological polar surface area (TPSA) is 58.4 Å². The van der Waals surface area contributed by atoms with E-state index < -0.39 is 0 Å². The molecule has 5 nitrogen and oxygen atoms in total. The summed E-state index contributed by atoms with van der Waals surface area (Å²) < 4.78 is 5.39. The van der Waals surface area contributed by atoms with Crippen molar-refractivity contribution in [2.24, 2.45) is 0 Å². The van der Waals surface area contributed by atoms with Gasteiger partial charge in [0.05, 0.1) is 6.26 Å². The molecule has 2 aromatic heterocycles. The molecule has 134 valence electrons. The molecule has 0 radical (unpaired) electrons. The van der Waals surface area contributed by atoms with Gasteiger partial charge in [-0.25, -0.2) is 4.98 Å². The highest BCUT2D eigenvalue weighted by Gasteiger charge is 2.29. The van der Waals surface area contributed by atoms with Crippen molar-refractivity contribution < 1.29 is 9.21 Å². The van der Waals surface area contributed by atoms with E-state index in [9.17, 15) is 4.79 Å². The largest absolute Gasteiger partial charge is 0.462 e. The minimum absolute atomic E-state index is 0. The lowest BCUT2D eigenvalue weighted by atomic mass is 10.2. The van der Waals surface area contributed by atoms with Crippen LogP contribution < -0.4 is 5.32 Å². The molecule has 1 saturated heterocycles. The zero-order valence-corrected chi connectivity index (χ0v) is 16.2. The van der Waals surface area contributed by atoms with Crippen LogP contribution in [0.2, 0.25) is 0 Å². The van der Waals surface area contributed by atoms with Crippen molar-refractivity contribution >= 4 is 42.1 Å². The van der Waals surface area contributed by atoms with Gasteiger partial charge in [0.25, 0.3) is 5.91 Å². The fourth-order valence-corrected chi connectivity index (χ4v) is 3.71. The van der Waals surface area contributed by atoms with Gasteiger partial charge in [-0.3, -0.25) is 4.79 Å². The van der Waals surface area contributed by atoms with E-state index in [1.165, 1.54) is 11.3 Å². The molecule has 1 unspecified atom stereocenters. The van der Waals surface area contributed by atoms with Gasteiger partial charge in [-0.1, -0.05) is 6.92 Å². The number of thiazole rings is 1. The molecular weight excluding hydrogens is 369 g/mol. The van der Waals surface area contributed by atoms with Crippen molar-refractivity contribution in [2.75, 3.05) is 19.6 Å². The summed E-state index contributed by atoms with van der Waals surface area (Å²) >= 11 is 1.51. The maximum absolute atomic E-state index is 12.9. The molecule has 3 heterocycles. The molecule has 0 aliphatic carbocycles. The molecule has 0 aromatic carbocycles. The molecule has 1 amide bonds. The number of carbonyl (C=O) groups excluding carboxylic acids is 1. The smallest absolute Gasteiger partial charge is 0.273 e. The molecule has 8 heteroatoms. The molecule has 1 aliphatic heterocycles. The maximum Gasteiger partial charge on any atom is 0.273 e. The number of carbonyl (C=O) groups is 1. The zero-order valence-electron chi connectivity index (χ0n) is 13.8. The first kappa shape index (κ1) is 21.0. The average molecular weight is 392 g/mol. The van der Waals surface area contributed by atoms with Gasteiger partial charge in [0.2, 0.25) is 0 Å². The van der Waals surface area contributed by atoms with Crippen molar-refractivity contribution in [3.05, 3.63) is 29.0 Å². The summed E-state index contributed by atoms with van der Waals surface area (Å²) in [6.07, 6.45) is 3.59. The number of nitrogens with zero attached hydrogens (tertiary/aromatic N) is 2. The van der Waals surface area contributed by atoms with Gasteiger partial charge in [0, 0.05) is 24.0 Å². The van der Waals surface area contributed by atoms with Crippen LogP contribution in [0.15, 0.2) is 22.8 Å². The second-order valence-electron chi connectivity index (χ2n) is 5.55. The zero-order chi connectivity index (χ0) is 15.5. The summed E-state index contributed by atoms with van der Waals surface area (Å²) in [4.78, 5) is 20.4. The Bertz CT molecular complexity index is 640. The van der Waals surface area contributed by atoms with E-state index in [1.54, 1.807) is 6.26 Å². The minimum Gasteiger partial charge on any atom is -0.462 e. The third kappa shape index (κ3) is 4.30. The van der Waals surface area contributed by atoms with E-state index in [2.05, 4.69) is 17.2 Å². The first-order valence-corrected chi connectivity index (χ1v) is 8.55. The number of aromatic nitrogens is 1. The summed E-state index contributed by atoms with van der Waals surface area (Å²) in [7, 11) is 0. The number of nitrogens with one attached hydrogen (secondary N) is 1. The Morgan fingerprint density at radius 2 is 2.29 bits per heavy atom. The standard InChI is InChI=1S/C16H21N3O2S.2ClH/c1-3-8-19(12-6-7-17-10-12)16(20)14-11(2)22-15(18-14)13-5-4-9-21-13;;/h4-5,9,12,17H,3,6-8,10H2,1-2H3;2*1H. The first-order valence-electron chi connectivity index (χ1n) is 7.73. The van der Waals surface area contributed by atoms with E-state index in [-0.39, 0.29) is 36.8 Å². The van der Waals surface area contributed by atoms with Crippen LogP contribution >= 0.6 is 36.2 Å². The number of hydrogen-bond acceptors (Lipinski definition) is 5. The quantitative estimate of drug-likeness (QED) is 0.842. The molecule has 3 rings (SSSR count). The van der Waals surface area contributed by atoms with E-state index in [4.69, 9.17) is 4.42 Å². The highest BCUT2D eigenvalue weighted by atomic mass is 35.5. The van der Waals surface area contributed by atoms with Crippen molar-refractivity contribution in [1.82, 2.24) is 15.2 Å². The molecule has 2 aromatic rings. The first-order chi connectivity index (χ1) is 10.7. The summed E-state index contributed by atoms with van der Waals surface area (Å²) in [6.45, 7) is 6.68. The Kier molecular flexibility index (Phi) is 8.22. The van der Waals surface area contributed by atoms with E-state index >= 15 is 0 Å². The molecule has 0 spiro atoms.